The Bertz CT molecular complexity index is 588. The molecule has 0 saturated heterocycles. The molecule has 0 fully saturated rings. The van der Waals surface area contributed by atoms with Gasteiger partial charge in [-0.3, -0.25) is 20.4 Å². The van der Waals surface area contributed by atoms with E-state index in [0.717, 1.165) is 5.56 Å². The first-order chi connectivity index (χ1) is 10.6. The molecule has 0 aliphatic carbocycles. The molecular formula is C14H19N5O3. The zero-order chi connectivity index (χ0) is 15.9. The van der Waals surface area contributed by atoms with Crippen LogP contribution in [0.1, 0.15) is 5.56 Å². The van der Waals surface area contributed by atoms with E-state index in [2.05, 4.69) is 26.3 Å². The lowest BCUT2D eigenvalue weighted by Crippen LogP contribution is -2.56. The molecule has 1 heterocycles. The minimum Gasteiger partial charge on any atom is -0.496 e. The molecule has 1 atom stereocenters. The van der Waals surface area contributed by atoms with E-state index in [9.17, 15) is 9.59 Å². The maximum atomic E-state index is 11.8. The number of nitrogens with zero attached hydrogens (tertiary/aromatic N) is 1. The van der Waals surface area contributed by atoms with Crippen molar-refractivity contribution in [3.63, 3.8) is 0 Å². The summed E-state index contributed by atoms with van der Waals surface area (Å²) < 4.78 is 5.21. The molecule has 3 amide bonds. The quantitative estimate of drug-likeness (QED) is 0.606. The van der Waals surface area contributed by atoms with Gasteiger partial charge in [0.2, 0.25) is 11.9 Å². The number of amides is 3. The minimum atomic E-state index is -0.451. The number of para-hydroxylation sites is 1. The van der Waals surface area contributed by atoms with Crippen LogP contribution in [0.4, 0.5) is 4.79 Å². The Hall–Kier alpha value is -2.61. The van der Waals surface area contributed by atoms with Crippen molar-refractivity contribution in [3.8, 4) is 5.75 Å². The van der Waals surface area contributed by atoms with Crippen LogP contribution < -0.4 is 26.0 Å². The van der Waals surface area contributed by atoms with Crippen molar-refractivity contribution in [3.05, 3.63) is 29.8 Å². The van der Waals surface area contributed by atoms with E-state index in [4.69, 9.17) is 4.74 Å². The fourth-order valence-corrected chi connectivity index (χ4v) is 1.98. The number of hydrogen-bond donors (Lipinski definition) is 4. The molecule has 4 N–H and O–H groups in total. The highest BCUT2D eigenvalue weighted by Gasteiger charge is 2.23. The molecule has 0 saturated carbocycles. The second-order valence-electron chi connectivity index (χ2n) is 4.64. The van der Waals surface area contributed by atoms with E-state index >= 15 is 0 Å². The number of benzene rings is 1. The van der Waals surface area contributed by atoms with Gasteiger partial charge >= 0.3 is 6.03 Å². The summed E-state index contributed by atoms with van der Waals surface area (Å²) in [6.45, 7) is 0.584. The van der Waals surface area contributed by atoms with Crippen molar-refractivity contribution in [1.82, 2.24) is 21.3 Å². The number of aliphatic imine (C=N–C) groups is 1. The third kappa shape index (κ3) is 3.95. The normalized spacial score (nSPS) is 17.3. The van der Waals surface area contributed by atoms with Crippen LogP contribution in [0.3, 0.4) is 0 Å². The third-order valence-electron chi connectivity index (χ3n) is 3.20. The van der Waals surface area contributed by atoms with Crippen LogP contribution in [-0.2, 0) is 11.3 Å². The Morgan fingerprint density at radius 2 is 2.23 bits per heavy atom. The fraction of sp³-hybridized carbons (Fsp3) is 0.357. The Morgan fingerprint density at radius 1 is 1.45 bits per heavy atom. The van der Waals surface area contributed by atoms with E-state index in [1.165, 1.54) is 0 Å². The third-order valence-corrected chi connectivity index (χ3v) is 3.20. The standard InChI is InChI=1S/C14H19N5O3/c1-15-10-8-16-13(18-12(10)20)19-14(21)17-7-9-5-3-4-6-11(9)22-2/h3-6,10,15H,7-8H2,1-2H3,(H3,16,17,18,19,20,21). The number of guanidine groups is 1. The van der Waals surface area contributed by atoms with Crippen molar-refractivity contribution in [2.75, 3.05) is 20.7 Å². The number of hydrogen-bond acceptors (Lipinski definition) is 5. The van der Waals surface area contributed by atoms with E-state index in [1.807, 2.05) is 24.3 Å². The molecule has 8 heteroatoms. The first-order valence-electron chi connectivity index (χ1n) is 6.83. The van der Waals surface area contributed by atoms with Gasteiger partial charge in [0.25, 0.3) is 0 Å². The van der Waals surface area contributed by atoms with E-state index in [1.54, 1.807) is 14.2 Å². The van der Waals surface area contributed by atoms with Crippen LogP contribution in [0.5, 0.6) is 5.75 Å². The van der Waals surface area contributed by atoms with E-state index in [0.29, 0.717) is 12.3 Å². The Balaban J connectivity index is 1.86. The molecule has 22 heavy (non-hydrogen) atoms. The summed E-state index contributed by atoms with van der Waals surface area (Å²) in [6.07, 6.45) is 0. The highest BCUT2D eigenvalue weighted by atomic mass is 16.5. The van der Waals surface area contributed by atoms with E-state index < -0.39 is 6.03 Å². The van der Waals surface area contributed by atoms with Gasteiger partial charge in [0.05, 0.1) is 13.7 Å². The molecule has 2 rings (SSSR count). The minimum absolute atomic E-state index is 0.147. The highest BCUT2D eigenvalue weighted by molar-refractivity contribution is 6.06. The summed E-state index contributed by atoms with van der Waals surface area (Å²) in [5, 5.41) is 10.5. The van der Waals surface area contributed by atoms with Gasteiger partial charge < -0.3 is 15.4 Å². The molecule has 1 unspecified atom stereocenters. The summed E-state index contributed by atoms with van der Waals surface area (Å²) in [7, 11) is 3.25. The fourth-order valence-electron chi connectivity index (χ4n) is 1.98. The molecule has 0 radical (unpaired) electrons. The first-order valence-corrected chi connectivity index (χ1v) is 6.83. The molecule has 1 aromatic rings. The summed E-state index contributed by atoms with van der Waals surface area (Å²) in [6, 6.07) is 6.57. The Morgan fingerprint density at radius 3 is 2.91 bits per heavy atom. The summed E-state index contributed by atoms with van der Waals surface area (Å²) in [5.74, 6) is 0.620. The van der Waals surface area contributed by atoms with Crippen molar-refractivity contribution in [2.45, 2.75) is 12.6 Å². The summed E-state index contributed by atoms with van der Waals surface area (Å²) in [4.78, 5) is 27.6. The van der Waals surface area contributed by atoms with Crippen LogP contribution in [-0.4, -0.2) is 44.6 Å². The predicted octanol–water partition coefficient (Wildman–Crippen LogP) is -0.432. The second-order valence-corrected chi connectivity index (χ2v) is 4.64. The average molecular weight is 305 g/mol. The van der Waals surface area contributed by atoms with Gasteiger partial charge in [-0.25, -0.2) is 4.79 Å². The zero-order valence-corrected chi connectivity index (χ0v) is 12.5. The molecule has 1 aliphatic rings. The van der Waals surface area contributed by atoms with Crippen LogP contribution in [0.2, 0.25) is 0 Å². The maximum Gasteiger partial charge on any atom is 0.321 e. The first kappa shape index (κ1) is 15.8. The van der Waals surface area contributed by atoms with E-state index in [-0.39, 0.29) is 24.5 Å². The van der Waals surface area contributed by atoms with Gasteiger partial charge in [-0.1, -0.05) is 18.2 Å². The zero-order valence-electron chi connectivity index (χ0n) is 12.5. The molecule has 8 nitrogen and oxygen atoms in total. The summed E-state index contributed by atoms with van der Waals surface area (Å²) >= 11 is 0. The van der Waals surface area contributed by atoms with Crippen molar-refractivity contribution in [1.29, 1.82) is 0 Å². The predicted molar refractivity (Wildman–Crippen MR) is 81.7 cm³/mol. The number of methoxy groups -OCH3 is 1. The van der Waals surface area contributed by atoms with Gasteiger partial charge in [0.1, 0.15) is 11.8 Å². The molecule has 118 valence electrons. The smallest absolute Gasteiger partial charge is 0.321 e. The number of ether oxygens (including phenoxy) is 1. The molecule has 1 aromatic carbocycles. The molecule has 0 aromatic heterocycles. The van der Waals surface area contributed by atoms with Gasteiger partial charge in [0.15, 0.2) is 0 Å². The molecule has 1 aliphatic heterocycles. The van der Waals surface area contributed by atoms with Crippen LogP contribution in [0.15, 0.2) is 29.3 Å². The van der Waals surface area contributed by atoms with Gasteiger partial charge in [-0.15, -0.1) is 0 Å². The Labute approximate surface area is 128 Å². The second kappa shape index (κ2) is 7.41. The van der Waals surface area contributed by atoms with Crippen LogP contribution in [0, 0.1) is 0 Å². The molecular weight excluding hydrogens is 286 g/mol. The topological polar surface area (TPSA) is 104 Å². The lowest BCUT2D eigenvalue weighted by atomic mass is 10.2. The largest absolute Gasteiger partial charge is 0.496 e. The number of carbonyl (C=O) groups is 2. The lowest BCUT2D eigenvalue weighted by molar-refractivity contribution is -0.121. The summed E-state index contributed by atoms with van der Waals surface area (Å²) in [5.41, 5.74) is 0.852. The lowest BCUT2D eigenvalue weighted by Gasteiger charge is -2.21. The number of urea groups is 1. The number of likely N-dealkylation sites (N-methyl/N-ethyl adjacent to an activating group) is 1. The Kier molecular flexibility index (Phi) is 5.31. The van der Waals surface area contributed by atoms with Gasteiger partial charge in [-0.05, 0) is 13.1 Å². The van der Waals surface area contributed by atoms with Crippen molar-refractivity contribution >= 4 is 17.9 Å². The highest BCUT2D eigenvalue weighted by Crippen LogP contribution is 2.16. The maximum absolute atomic E-state index is 11.8. The number of carbonyl (C=O) groups excluding carboxylic acids is 2. The van der Waals surface area contributed by atoms with Crippen molar-refractivity contribution < 1.29 is 14.3 Å². The van der Waals surface area contributed by atoms with Crippen molar-refractivity contribution in [2.24, 2.45) is 4.99 Å². The number of nitrogens with one attached hydrogen (secondary N) is 4. The van der Waals surface area contributed by atoms with Gasteiger partial charge in [0, 0.05) is 12.1 Å². The SMILES string of the molecule is CNC1CN=C(NC(=O)NCc2ccccc2OC)NC1=O. The number of rotatable bonds is 4. The van der Waals surface area contributed by atoms with Gasteiger partial charge in [-0.2, -0.15) is 0 Å². The van der Waals surface area contributed by atoms with Crippen LogP contribution >= 0.6 is 0 Å². The molecule has 0 bridgehead atoms. The molecule has 0 spiro atoms. The monoisotopic (exact) mass is 305 g/mol. The van der Waals surface area contributed by atoms with Crippen LogP contribution in [0.25, 0.3) is 0 Å². The average Bonchev–Trinajstić information content (AvgIpc) is 2.53.